The smallest absolute Gasteiger partial charge is 0.330 e. The van der Waals surface area contributed by atoms with Gasteiger partial charge in [-0.25, -0.2) is 19.6 Å². The molecule has 3 rings (SSSR count). The van der Waals surface area contributed by atoms with Gasteiger partial charge >= 0.3 is 35.8 Å². The first-order valence-electron chi connectivity index (χ1n) is 17.1. The van der Waals surface area contributed by atoms with Gasteiger partial charge in [-0.3, -0.25) is 28.8 Å². The second-order valence-corrected chi connectivity index (χ2v) is 13.6. The molecule has 0 bridgehead atoms. The molecule has 292 valence electrons. The summed E-state index contributed by atoms with van der Waals surface area (Å²) < 4.78 is 30.8. The van der Waals surface area contributed by atoms with E-state index < -0.39 is 47.6 Å². The van der Waals surface area contributed by atoms with Crippen molar-refractivity contribution in [2.75, 3.05) is 39.5 Å². The van der Waals surface area contributed by atoms with Crippen LogP contribution in [0, 0.1) is 0 Å². The van der Waals surface area contributed by atoms with Crippen LogP contribution in [-0.4, -0.2) is 97.2 Å². The van der Waals surface area contributed by atoms with Crippen LogP contribution in [-0.2, 0) is 57.3 Å². The van der Waals surface area contributed by atoms with Crippen LogP contribution in [0.4, 0.5) is 0 Å². The second-order valence-electron chi connectivity index (χ2n) is 11.3. The topological polar surface area (TPSA) is 198 Å². The molecule has 2 aliphatic rings. The molecule has 0 atom stereocenters. The van der Waals surface area contributed by atoms with E-state index >= 15 is 0 Å². The lowest BCUT2D eigenvalue weighted by Crippen LogP contribution is -2.42. The molecule has 18 heteroatoms. The molecule has 0 unspecified atom stereocenters. The number of fused-ring (bicyclic) bond motifs is 1. The van der Waals surface area contributed by atoms with Gasteiger partial charge in [0.15, 0.2) is 0 Å². The quantitative estimate of drug-likeness (QED) is 0.0404. The number of carbonyl (C=O) groups excluding carboxylic acids is 8. The van der Waals surface area contributed by atoms with E-state index in [1.54, 1.807) is 0 Å². The second kappa shape index (κ2) is 22.2. The summed E-state index contributed by atoms with van der Waals surface area (Å²) in [4.78, 5) is 100. The molecule has 0 aromatic heterocycles. The van der Waals surface area contributed by atoms with E-state index in [1.807, 2.05) is 13.8 Å². The van der Waals surface area contributed by atoms with Gasteiger partial charge in [0.2, 0.25) is 0 Å². The van der Waals surface area contributed by atoms with E-state index in [9.17, 15) is 38.4 Å². The Bertz CT molecular complexity index is 1560. The lowest BCUT2D eigenvalue weighted by Gasteiger charge is -2.27. The molecule has 2 aliphatic heterocycles. The Kier molecular flexibility index (Phi) is 17.8. The molecule has 0 spiro atoms. The fourth-order valence-corrected chi connectivity index (χ4v) is 7.25. The monoisotopic (exact) mass is 790 g/mol. The zero-order valence-corrected chi connectivity index (χ0v) is 31.7. The van der Waals surface area contributed by atoms with Crippen molar-refractivity contribution in [3.05, 3.63) is 47.3 Å². The standard InChI is InChI=1S/C36H42N2O14S2/c1-5-9-17-37-34(45)31(35(46)38(37)18-10-6-2)36-53-32-23(51-29(43)15-13-27(41)49-21-19-47-25(39)7-3)11-12-24(33(32)54-36)52-30(44)16-14-28(42)50-22-20-48-26(40)8-4/h7-8,11-12H,3-6,9-10,13-22H2,1-2H3. The number of hydrogen-bond acceptors (Lipinski definition) is 16. The number of benzene rings is 1. The van der Waals surface area contributed by atoms with E-state index in [1.165, 1.54) is 22.2 Å². The summed E-state index contributed by atoms with van der Waals surface area (Å²) >= 11 is 2.00. The van der Waals surface area contributed by atoms with Crippen molar-refractivity contribution in [2.45, 2.75) is 75.0 Å². The van der Waals surface area contributed by atoms with Gasteiger partial charge in [-0.15, -0.1) is 0 Å². The maximum Gasteiger partial charge on any atom is 0.330 e. The summed E-state index contributed by atoms with van der Waals surface area (Å²) in [6.07, 6.45) is 3.47. The van der Waals surface area contributed by atoms with Crippen molar-refractivity contribution in [1.82, 2.24) is 10.0 Å². The van der Waals surface area contributed by atoms with Crippen molar-refractivity contribution in [2.24, 2.45) is 0 Å². The van der Waals surface area contributed by atoms with Crippen LogP contribution in [0.1, 0.15) is 65.2 Å². The third kappa shape index (κ3) is 12.8. The molecule has 16 nitrogen and oxygen atoms in total. The summed E-state index contributed by atoms with van der Waals surface area (Å²) in [6.45, 7) is 10.4. The first-order chi connectivity index (χ1) is 25.9. The van der Waals surface area contributed by atoms with Gasteiger partial charge in [0.25, 0.3) is 11.8 Å². The highest BCUT2D eigenvalue weighted by molar-refractivity contribution is 8.25. The fraction of sp³-hybridized carbons (Fsp3) is 0.444. The van der Waals surface area contributed by atoms with Crippen LogP contribution in [0.3, 0.4) is 0 Å². The molecule has 0 N–H and O–H groups in total. The zero-order valence-electron chi connectivity index (χ0n) is 30.0. The van der Waals surface area contributed by atoms with Gasteiger partial charge < -0.3 is 28.4 Å². The largest absolute Gasteiger partial charge is 0.462 e. The summed E-state index contributed by atoms with van der Waals surface area (Å²) in [7, 11) is 0. The van der Waals surface area contributed by atoms with Crippen molar-refractivity contribution in [1.29, 1.82) is 0 Å². The first-order valence-corrected chi connectivity index (χ1v) is 18.8. The number of rotatable bonds is 22. The SMILES string of the molecule is C=CC(=O)OCCOC(=O)CCC(=O)Oc1ccc(OC(=O)CCC(=O)OCCOC(=O)C=C)c2c1SC(=C1C(=O)N(CCCC)N(CCCC)C1=O)S2. The Morgan fingerprint density at radius 3 is 1.35 bits per heavy atom. The van der Waals surface area contributed by atoms with Crippen molar-refractivity contribution in [3.8, 4) is 11.5 Å². The molecular weight excluding hydrogens is 749 g/mol. The molecule has 0 aliphatic carbocycles. The van der Waals surface area contributed by atoms with Crippen LogP contribution < -0.4 is 9.47 Å². The van der Waals surface area contributed by atoms with Crippen LogP contribution in [0.5, 0.6) is 11.5 Å². The predicted octanol–water partition coefficient (Wildman–Crippen LogP) is 4.20. The summed E-state index contributed by atoms with van der Waals surface area (Å²) in [5, 5.41) is 2.89. The number of hydrogen-bond donors (Lipinski definition) is 0. The normalized spacial score (nSPS) is 13.3. The molecule has 2 amide bonds. The minimum Gasteiger partial charge on any atom is -0.462 e. The molecular formula is C36H42N2O14S2. The highest BCUT2D eigenvalue weighted by atomic mass is 32.2. The third-order valence-corrected chi connectivity index (χ3v) is 9.92. The fourth-order valence-electron chi connectivity index (χ4n) is 4.61. The average Bonchev–Trinajstić information content (AvgIpc) is 3.70. The van der Waals surface area contributed by atoms with Gasteiger partial charge in [-0.05, 0) is 25.0 Å². The minimum absolute atomic E-state index is 0.0249. The van der Waals surface area contributed by atoms with E-state index in [2.05, 4.69) is 13.2 Å². The Morgan fingerprint density at radius 2 is 0.981 bits per heavy atom. The van der Waals surface area contributed by atoms with Gasteiger partial charge in [-0.1, -0.05) is 63.4 Å². The zero-order chi connectivity index (χ0) is 39.6. The van der Waals surface area contributed by atoms with Gasteiger partial charge in [0.05, 0.1) is 39.7 Å². The highest BCUT2D eigenvalue weighted by Gasteiger charge is 2.44. The number of carbonyl (C=O) groups is 8. The van der Waals surface area contributed by atoms with E-state index in [0.29, 0.717) is 30.2 Å². The Morgan fingerprint density at radius 1 is 0.611 bits per heavy atom. The van der Waals surface area contributed by atoms with E-state index in [4.69, 9.17) is 28.4 Å². The summed E-state index contributed by atoms with van der Waals surface area (Å²) in [5.41, 5.74) is -0.0639. The minimum atomic E-state index is -0.800. The number of thioether (sulfide) groups is 2. The number of nitrogens with zero attached hydrogens (tertiary/aromatic N) is 2. The molecule has 54 heavy (non-hydrogen) atoms. The Balaban J connectivity index is 1.78. The maximum absolute atomic E-state index is 13.7. The molecule has 1 fully saturated rings. The van der Waals surface area contributed by atoms with Gasteiger partial charge in [0, 0.05) is 25.2 Å². The molecule has 0 radical (unpaired) electrons. The molecule has 0 saturated carbocycles. The van der Waals surface area contributed by atoms with Crippen molar-refractivity contribution in [3.63, 3.8) is 0 Å². The predicted molar refractivity (Wildman–Crippen MR) is 192 cm³/mol. The van der Waals surface area contributed by atoms with Crippen LogP contribution in [0.15, 0.2) is 57.0 Å². The lowest BCUT2D eigenvalue weighted by atomic mass is 10.3. The van der Waals surface area contributed by atoms with E-state index in [0.717, 1.165) is 48.5 Å². The lowest BCUT2D eigenvalue weighted by molar-refractivity contribution is -0.151. The number of ether oxygens (including phenoxy) is 6. The third-order valence-electron chi connectivity index (χ3n) is 7.30. The van der Waals surface area contributed by atoms with Crippen LogP contribution in [0.25, 0.3) is 0 Å². The first kappa shape index (κ1) is 43.3. The highest BCUT2D eigenvalue weighted by Crippen LogP contribution is 2.59. The van der Waals surface area contributed by atoms with Crippen LogP contribution >= 0.6 is 23.5 Å². The molecule has 1 aromatic rings. The van der Waals surface area contributed by atoms with Crippen molar-refractivity contribution >= 4 is 71.2 Å². The number of esters is 6. The maximum atomic E-state index is 13.7. The van der Waals surface area contributed by atoms with E-state index in [-0.39, 0.29) is 79.0 Å². The molecule has 1 saturated heterocycles. The number of amides is 2. The van der Waals surface area contributed by atoms with Crippen molar-refractivity contribution < 1.29 is 66.8 Å². The molecule has 2 heterocycles. The summed E-state index contributed by atoms with van der Waals surface area (Å²) in [6, 6.07) is 2.73. The number of unbranched alkanes of at least 4 members (excludes halogenated alkanes) is 2. The molecule has 1 aromatic carbocycles. The van der Waals surface area contributed by atoms with Crippen LogP contribution in [0.2, 0.25) is 0 Å². The Hall–Kier alpha value is -5.10. The Labute approximate surface area is 320 Å². The average molecular weight is 791 g/mol. The number of hydrazine groups is 1. The van der Waals surface area contributed by atoms with Gasteiger partial charge in [-0.2, -0.15) is 0 Å². The summed E-state index contributed by atoms with van der Waals surface area (Å²) in [5.74, 6) is -5.31. The van der Waals surface area contributed by atoms with Gasteiger partial charge in [0.1, 0.15) is 43.5 Å².